The average molecular weight is 428 g/mol. The smallest absolute Gasteiger partial charge is 0.321 e. The second kappa shape index (κ2) is 10.6. The zero-order chi connectivity index (χ0) is 22.9. The van der Waals surface area contributed by atoms with Gasteiger partial charge in [0.05, 0.1) is 0 Å². The van der Waals surface area contributed by atoms with Gasteiger partial charge in [0.1, 0.15) is 17.3 Å². The molecule has 162 valence electrons. The molecule has 0 aliphatic heterocycles. The van der Waals surface area contributed by atoms with Crippen LogP contribution in [0.25, 0.3) is 11.3 Å². The number of nitrogen functional groups attached to an aromatic ring is 1. The van der Waals surface area contributed by atoms with E-state index in [2.05, 4.69) is 10.3 Å². The Balaban J connectivity index is 0.00000141. The Morgan fingerprint density at radius 2 is 1.66 bits per heavy atom. The number of ether oxygens (including phenoxy) is 1. The molecule has 2 heterocycles. The molecule has 0 unspecified atom stereocenters. The number of nitrogens with one attached hydrogen (secondary N) is 1. The largest absolute Gasteiger partial charge is 0.618 e. The summed E-state index contributed by atoms with van der Waals surface area (Å²) in [4.78, 5) is 16.6. The van der Waals surface area contributed by atoms with E-state index >= 15 is 0 Å². The molecule has 2 aromatic carbocycles. The summed E-state index contributed by atoms with van der Waals surface area (Å²) < 4.78 is 6.34. The van der Waals surface area contributed by atoms with E-state index in [-0.39, 0.29) is 5.69 Å². The Morgan fingerprint density at radius 3 is 2.34 bits per heavy atom. The second-order valence-electron chi connectivity index (χ2n) is 6.45. The van der Waals surface area contributed by atoms with E-state index in [4.69, 9.17) is 10.5 Å². The molecule has 32 heavy (non-hydrogen) atoms. The fourth-order valence-corrected chi connectivity index (χ4v) is 2.91. The lowest BCUT2D eigenvalue weighted by molar-refractivity contribution is -0.595. The highest BCUT2D eigenvalue weighted by molar-refractivity contribution is 6.02. The maximum absolute atomic E-state index is 12.7. The maximum atomic E-state index is 12.7. The lowest BCUT2D eigenvalue weighted by atomic mass is 10.1. The van der Waals surface area contributed by atoms with Crippen molar-refractivity contribution >= 4 is 17.4 Å². The van der Waals surface area contributed by atoms with Gasteiger partial charge < -0.3 is 21.0 Å². The zero-order valence-electron chi connectivity index (χ0n) is 17.9. The number of carbonyl (C=O) groups excluding carboxylic acids is 1. The Hall–Kier alpha value is -4.39. The molecule has 4 aromatic rings. The highest BCUT2D eigenvalue weighted by Gasteiger charge is 2.20. The van der Waals surface area contributed by atoms with Crippen LogP contribution in [0.1, 0.15) is 24.3 Å². The molecule has 7 nitrogen and oxygen atoms in total. The van der Waals surface area contributed by atoms with Gasteiger partial charge in [0.15, 0.2) is 0 Å². The van der Waals surface area contributed by atoms with Crippen molar-refractivity contribution in [1.29, 1.82) is 0 Å². The number of carbonyl (C=O) groups is 1. The van der Waals surface area contributed by atoms with E-state index < -0.39 is 5.91 Å². The van der Waals surface area contributed by atoms with Crippen LogP contribution in [0.5, 0.6) is 11.5 Å². The van der Waals surface area contributed by atoms with Crippen LogP contribution in [0, 0.1) is 5.21 Å². The number of aromatic nitrogens is 2. The summed E-state index contributed by atoms with van der Waals surface area (Å²) in [6, 6.07) is 24.1. The number of anilines is 2. The van der Waals surface area contributed by atoms with Crippen molar-refractivity contribution in [2.75, 3.05) is 11.1 Å². The maximum Gasteiger partial charge on any atom is 0.321 e. The molecule has 7 heteroatoms. The van der Waals surface area contributed by atoms with Gasteiger partial charge in [-0.1, -0.05) is 32.0 Å². The van der Waals surface area contributed by atoms with Gasteiger partial charge >= 0.3 is 5.91 Å². The van der Waals surface area contributed by atoms with Crippen LogP contribution in [-0.4, -0.2) is 10.9 Å². The Morgan fingerprint density at radius 1 is 0.938 bits per heavy atom. The Labute approximate surface area is 186 Å². The standard InChI is InChI=1S/C23H18N4O3.C2H6/c24-22-15-19(13-14-25-22)30-18-11-9-17(10-12-18)26-23(28)21-8-4-7-20(27(21)29)16-5-2-1-3-6-16;1-2/h1-15H,(H2,24,25)(H,26,28);1-2H3. The van der Waals surface area contributed by atoms with Crippen molar-refractivity contribution < 1.29 is 14.3 Å². The molecule has 0 aliphatic carbocycles. The van der Waals surface area contributed by atoms with Crippen molar-refractivity contribution in [3.63, 3.8) is 0 Å². The minimum absolute atomic E-state index is 0.00365. The van der Waals surface area contributed by atoms with Gasteiger partial charge in [-0.25, -0.2) is 4.98 Å². The highest BCUT2D eigenvalue weighted by Crippen LogP contribution is 2.24. The molecule has 0 radical (unpaired) electrons. The topological polar surface area (TPSA) is 104 Å². The molecule has 4 rings (SSSR count). The molecule has 0 aliphatic rings. The number of rotatable bonds is 5. The van der Waals surface area contributed by atoms with Crippen molar-refractivity contribution in [3.05, 3.63) is 102 Å². The first-order chi connectivity index (χ1) is 15.6. The Bertz CT molecular complexity index is 1180. The fourth-order valence-electron chi connectivity index (χ4n) is 2.91. The van der Waals surface area contributed by atoms with Gasteiger partial charge in [0.25, 0.3) is 5.69 Å². The van der Waals surface area contributed by atoms with Gasteiger partial charge in [-0.15, -0.1) is 0 Å². The highest BCUT2D eigenvalue weighted by atomic mass is 16.5. The summed E-state index contributed by atoms with van der Waals surface area (Å²) in [7, 11) is 0. The van der Waals surface area contributed by atoms with Crippen LogP contribution >= 0.6 is 0 Å². The van der Waals surface area contributed by atoms with E-state index in [0.717, 1.165) is 5.56 Å². The molecular weight excluding hydrogens is 404 g/mol. The van der Waals surface area contributed by atoms with Crippen LogP contribution in [0.15, 0.2) is 91.1 Å². The number of pyridine rings is 2. The van der Waals surface area contributed by atoms with E-state index in [0.29, 0.717) is 33.4 Å². The van der Waals surface area contributed by atoms with Crippen LogP contribution in [0.3, 0.4) is 0 Å². The van der Waals surface area contributed by atoms with Crippen molar-refractivity contribution in [3.8, 4) is 22.8 Å². The predicted octanol–water partition coefficient (Wildman–Crippen LogP) is 5.04. The van der Waals surface area contributed by atoms with Gasteiger partial charge in [-0.3, -0.25) is 4.79 Å². The third-order valence-corrected chi connectivity index (χ3v) is 4.35. The number of hydrogen-bond acceptors (Lipinski definition) is 5. The van der Waals surface area contributed by atoms with Crippen LogP contribution in [-0.2, 0) is 0 Å². The fraction of sp³-hybridized carbons (Fsp3) is 0.0800. The number of nitrogens with two attached hydrogens (primary N) is 1. The lowest BCUT2D eigenvalue weighted by Crippen LogP contribution is -2.38. The number of nitrogens with zero attached hydrogens (tertiary/aromatic N) is 2. The number of amides is 1. The number of hydrogen-bond donors (Lipinski definition) is 2. The molecule has 1 amide bonds. The quantitative estimate of drug-likeness (QED) is 0.342. The summed E-state index contributed by atoms with van der Waals surface area (Å²) in [5, 5.41) is 15.4. The van der Waals surface area contributed by atoms with Crippen LogP contribution < -0.4 is 20.5 Å². The first-order valence-electron chi connectivity index (χ1n) is 10.2. The minimum atomic E-state index is -0.502. The normalized spacial score (nSPS) is 9.94. The van der Waals surface area contributed by atoms with Gasteiger partial charge in [0, 0.05) is 35.6 Å². The Kier molecular flexibility index (Phi) is 7.37. The molecule has 0 fully saturated rings. The van der Waals surface area contributed by atoms with Gasteiger partial charge in [-0.05, 0) is 48.5 Å². The summed E-state index contributed by atoms with van der Waals surface area (Å²) in [6.07, 6.45) is 1.56. The van der Waals surface area contributed by atoms with Crippen molar-refractivity contribution in [2.45, 2.75) is 13.8 Å². The van der Waals surface area contributed by atoms with E-state index in [1.54, 1.807) is 54.7 Å². The van der Waals surface area contributed by atoms with Gasteiger partial charge in [0.2, 0.25) is 5.69 Å². The molecule has 0 atom stereocenters. The third-order valence-electron chi connectivity index (χ3n) is 4.35. The first kappa shape index (κ1) is 22.3. The van der Waals surface area contributed by atoms with Gasteiger partial charge in [-0.2, -0.15) is 4.73 Å². The molecule has 0 saturated carbocycles. The van der Waals surface area contributed by atoms with E-state index in [1.165, 1.54) is 6.07 Å². The van der Waals surface area contributed by atoms with Crippen LogP contribution in [0.4, 0.5) is 11.5 Å². The lowest BCUT2D eigenvalue weighted by Gasteiger charge is -2.10. The second-order valence-corrected chi connectivity index (χ2v) is 6.45. The summed E-state index contributed by atoms with van der Waals surface area (Å²) in [5.41, 5.74) is 7.32. The molecule has 2 aromatic heterocycles. The molecule has 0 saturated heterocycles. The first-order valence-corrected chi connectivity index (χ1v) is 10.2. The summed E-state index contributed by atoms with van der Waals surface area (Å²) in [5.74, 6) is 0.992. The summed E-state index contributed by atoms with van der Waals surface area (Å²) in [6.45, 7) is 4.00. The SMILES string of the molecule is CC.Nc1cc(Oc2ccc(NC(=O)c3cccc(-c4ccccc4)[n+]3[O-])cc2)ccn1. The monoisotopic (exact) mass is 428 g/mol. The van der Waals surface area contributed by atoms with E-state index in [9.17, 15) is 10.0 Å². The minimum Gasteiger partial charge on any atom is -0.618 e. The van der Waals surface area contributed by atoms with Crippen molar-refractivity contribution in [2.24, 2.45) is 0 Å². The molecule has 0 bridgehead atoms. The zero-order valence-corrected chi connectivity index (χ0v) is 17.9. The summed E-state index contributed by atoms with van der Waals surface area (Å²) >= 11 is 0. The molecule has 3 N–H and O–H groups in total. The average Bonchev–Trinajstić information content (AvgIpc) is 2.82. The predicted molar refractivity (Wildman–Crippen MR) is 125 cm³/mol. The van der Waals surface area contributed by atoms with Crippen LogP contribution in [0.2, 0.25) is 0 Å². The van der Waals surface area contributed by atoms with E-state index in [1.807, 2.05) is 44.2 Å². The molecular formula is C25H24N4O3. The van der Waals surface area contributed by atoms with Crippen molar-refractivity contribution in [1.82, 2.24) is 4.98 Å². The molecule has 0 spiro atoms. The number of benzene rings is 2. The third kappa shape index (κ3) is 5.40.